The van der Waals surface area contributed by atoms with Gasteiger partial charge in [-0.1, -0.05) is 6.42 Å². The molecule has 0 aliphatic carbocycles. The summed E-state index contributed by atoms with van der Waals surface area (Å²) in [6, 6.07) is 4.15. The Balaban J connectivity index is 1.89. The van der Waals surface area contributed by atoms with E-state index in [-0.39, 0.29) is 0 Å². The van der Waals surface area contributed by atoms with Crippen molar-refractivity contribution in [3.63, 3.8) is 0 Å². The molecule has 0 aliphatic rings. The first kappa shape index (κ1) is 13.2. The van der Waals surface area contributed by atoms with Gasteiger partial charge in [0.25, 0.3) is 0 Å². The van der Waals surface area contributed by atoms with Gasteiger partial charge in [0.05, 0.1) is 0 Å². The van der Waals surface area contributed by atoms with E-state index in [0.29, 0.717) is 0 Å². The minimum absolute atomic E-state index is 0.903. The predicted molar refractivity (Wildman–Crippen MR) is 78.4 cm³/mol. The van der Waals surface area contributed by atoms with Crippen LogP contribution in [-0.4, -0.2) is 33.2 Å². The van der Waals surface area contributed by atoms with Crippen molar-refractivity contribution in [3.8, 4) is 0 Å². The van der Waals surface area contributed by atoms with Gasteiger partial charge in [0, 0.05) is 6.54 Å². The van der Waals surface area contributed by atoms with Crippen molar-refractivity contribution in [2.24, 2.45) is 0 Å². The molecule has 0 aromatic carbocycles. The molecule has 0 atom stereocenters. The van der Waals surface area contributed by atoms with Crippen molar-refractivity contribution >= 4 is 23.2 Å². The van der Waals surface area contributed by atoms with E-state index in [1.807, 2.05) is 22.3 Å². The van der Waals surface area contributed by atoms with Crippen LogP contribution in [0.1, 0.15) is 24.8 Å². The number of nitrogens with zero attached hydrogens (tertiary/aromatic N) is 3. The highest BCUT2D eigenvalue weighted by Gasteiger charge is 2.02. The standard InChI is InChI=1S/C13H20N4S/c1-11-8-12(14-6-4-3-5-7-18-2)17-13(9-11)15-10-16-17/h8-10,14H,3-7H2,1-2H3. The number of hydrogen-bond acceptors (Lipinski definition) is 4. The lowest BCUT2D eigenvalue weighted by molar-refractivity contribution is 0.745. The Hall–Kier alpha value is -1.23. The maximum Gasteiger partial charge on any atom is 0.157 e. The lowest BCUT2D eigenvalue weighted by Crippen LogP contribution is -2.07. The number of thioether (sulfide) groups is 1. The maximum absolute atomic E-state index is 4.23. The van der Waals surface area contributed by atoms with E-state index in [2.05, 4.69) is 34.6 Å². The lowest BCUT2D eigenvalue weighted by atomic mass is 10.2. The summed E-state index contributed by atoms with van der Waals surface area (Å²) in [5.74, 6) is 2.30. The normalized spacial score (nSPS) is 11.0. The summed E-state index contributed by atoms with van der Waals surface area (Å²) in [5, 5.41) is 7.67. The third kappa shape index (κ3) is 3.38. The Morgan fingerprint density at radius 1 is 1.28 bits per heavy atom. The van der Waals surface area contributed by atoms with Crippen molar-refractivity contribution in [1.29, 1.82) is 0 Å². The minimum atomic E-state index is 0.903. The van der Waals surface area contributed by atoms with Crippen LogP contribution in [0.25, 0.3) is 5.65 Å². The number of unbranched alkanes of at least 4 members (excludes halogenated alkanes) is 2. The van der Waals surface area contributed by atoms with Crippen molar-refractivity contribution in [1.82, 2.24) is 14.6 Å². The maximum atomic E-state index is 4.23. The van der Waals surface area contributed by atoms with Crippen LogP contribution in [0.15, 0.2) is 18.5 Å². The Morgan fingerprint density at radius 3 is 3.00 bits per heavy atom. The fourth-order valence-corrected chi connectivity index (χ4v) is 2.44. The van der Waals surface area contributed by atoms with Gasteiger partial charge in [0.1, 0.15) is 12.1 Å². The molecule has 0 saturated heterocycles. The van der Waals surface area contributed by atoms with Gasteiger partial charge in [-0.2, -0.15) is 21.4 Å². The molecule has 0 spiro atoms. The second-order valence-electron chi connectivity index (χ2n) is 4.43. The Morgan fingerprint density at radius 2 is 2.17 bits per heavy atom. The quantitative estimate of drug-likeness (QED) is 0.781. The average Bonchev–Trinajstić information content (AvgIpc) is 2.81. The van der Waals surface area contributed by atoms with Gasteiger partial charge in [-0.25, -0.2) is 4.98 Å². The van der Waals surface area contributed by atoms with Gasteiger partial charge in [-0.05, 0) is 49.5 Å². The number of nitrogens with one attached hydrogen (secondary N) is 1. The van der Waals surface area contributed by atoms with E-state index in [4.69, 9.17) is 0 Å². The molecule has 1 N–H and O–H groups in total. The molecule has 0 radical (unpaired) electrons. The number of pyridine rings is 1. The zero-order valence-corrected chi connectivity index (χ0v) is 11.8. The zero-order valence-electron chi connectivity index (χ0n) is 11.0. The van der Waals surface area contributed by atoms with Crippen molar-refractivity contribution in [2.45, 2.75) is 26.2 Å². The van der Waals surface area contributed by atoms with Crippen LogP contribution in [0.2, 0.25) is 0 Å². The van der Waals surface area contributed by atoms with E-state index in [1.165, 1.54) is 30.6 Å². The Bertz CT molecular complexity index is 495. The van der Waals surface area contributed by atoms with Crippen LogP contribution in [0.5, 0.6) is 0 Å². The van der Waals surface area contributed by atoms with Crippen LogP contribution < -0.4 is 5.32 Å². The van der Waals surface area contributed by atoms with Crippen LogP contribution in [0, 0.1) is 6.92 Å². The van der Waals surface area contributed by atoms with Gasteiger partial charge in [0.15, 0.2) is 5.65 Å². The van der Waals surface area contributed by atoms with Crippen LogP contribution in [0.3, 0.4) is 0 Å². The minimum Gasteiger partial charge on any atom is -0.370 e. The van der Waals surface area contributed by atoms with Crippen LogP contribution in [0.4, 0.5) is 5.82 Å². The number of anilines is 1. The first-order chi connectivity index (χ1) is 8.81. The monoisotopic (exact) mass is 264 g/mol. The van der Waals surface area contributed by atoms with E-state index >= 15 is 0 Å². The number of fused-ring (bicyclic) bond motifs is 1. The number of aryl methyl sites for hydroxylation is 1. The van der Waals surface area contributed by atoms with Crippen LogP contribution >= 0.6 is 11.8 Å². The highest BCUT2D eigenvalue weighted by molar-refractivity contribution is 7.98. The Labute approximate surface area is 112 Å². The molecule has 2 heterocycles. The van der Waals surface area contributed by atoms with E-state index in [1.54, 1.807) is 6.33 Å². The number of rotatable bonds is 7. The third-order valence-corrected chi connectivity index (χ3v) is 3.55. The van der Waals surface area contributed by atoms with E-state index in [0.717, 1.165) is 18.0 Å². The highest BCUT2D eigenvalue weighted by Crippen LogP contribution is 2.13. The summed E-state index contributed by atoms with van der Waals surface area (Å²) < 4.78 is 1.86. The fraction of sp³-hybridized carbons (Fsp3) is 0.538. The van der Waals surface area contributed by atoms with Crippen molar-refractivity contribution in [2.75, 3.05) is 23.9 Å². The van der Waals surface area contributed by atoms with Gasteiger partial charge in [-0.3, -0.25) is 0 Å². The first-order valence-electron chi connectivity index (χ1n) is 6.34. The molecule has 0 amide bonds. The molecule has 0 aliphatic heterocycles. The molecule has 0 bridgehead atoms. The fourth-order valence-electron chi connectivity index (χ4n) is 1.95. The van der Waals surface area contributed by atoms with Gasteiger partial charge < -0.3 is 5.32 Å². The summed E-state index contributed by atoms with van der Waals surface area (Å²) in [7, 11) is 0. The molecule has 18 heavy (non-hydrogen) atoms. The van der Waals surface area contributed by atoms with E-state index < -0.39 is 0 Å². The molecule has 4 nitrogen and oxygen atoms in total. The molecule has 0 saturated carbocycles. The molecule has 98 valence electrons. The Kier molecular flexibility index (Phi) is 4.87. The zero-order chi connectivity index (χ0) is 12.8. The number of aromatic nitrogens is 3. The molecule has 0 fully saturated rings. The first-order valence-corrected chi connectivity index (χ1v) is 7.74. The van der Waals surface area contributed by atoms with E-state index in [9.17, 15) is 0 Å². The summed E-state index contributed by atoms with van der Waals surface area (Å²) in [6.07, 6.45) is 7.53. The SMILES string of the molecule is CSCCCCCNc1cc(C)cc2ncnn12. The van der Waals surface area contributed by atoms with Gasteiger partial charge >= 0.3 is 0 Å². The summed E-state index contributed by atoms with van der Waals surface area (Å²) in [4.78, 5) is 4.22. The van der Waals surface area contributed by atoms with Crippen LogP contribution in [-0.2, 0) is 0 Å². The largest absolute Gasteiger partial charge is 0.370 e. The third-order valence-electron chi connectivity index (χ3n) is 2.85. The molecule has 2 aromatic heterocycles. The number of hydrogen-bond donors (Lipinski definition) is 1. The van der Waals surface area contributed by atoms with Gasteiger partial charge in [-0.15, -0.1) is 0 Å². The molecule has 2 aromatic rings. The predicted octanol–water partition coefficient (Wildman–Crippen LogP) is 2.98. The van der Waals surface area contributed by atoms with Crippen molar-refractivity contribution in [3.05, 3.63) is 24.0 Å². The average molecular weight is 264 g/mol. The second kappa shape index (κ2) is 6.64. The smallest absolute Gasteiger partial charge is 0.157 e. The summed E-state index contributed by atoms with van der Waals surface area (Å²) >= 11 is 1.92. The molecule has 0 unspecified atom stereocenters. The lowest BCUT2D eigenvalue weighted by Gasteiger charge is -2.08. The molecule has 2 rings (SSSR count). The molecular formula is C13H20N4S. The summed E-state index contributed by atoms with van der Waals surface area (Å²) in [6.45, 7) is 3.07. The molecular weight excluding hydrogens is 244 g/mol. The van der Waals surface area contributed by atoms with Crippen molar-refractivity contribution < 1.29 is 0 Å². The van der Waals surface area contributed by atoms with Gasteiger partial charge in [0.2, 0.25) is 0 Å². The molecule has 5 heteroatoms. The summed E-state index contributed by atoms with van der Waals surface area (Å²) in [5.41, 5.74) is 2.11. The topological polar surface area (TPSA) is 42.2 Å². The second-order valence-corrected chi connectivity index (χ2v) is 5.41. The highest BCUT2D eigenvalue weighted by atomic mass is 32.2.